The largest absolute Gasteiger partial charge is 2.00 e. The first kappa shape index (κ1) is 36.9. The predicted octanol–water partition coefficient (Wildman–Crippen LogP) is -4.76. The molecule has 0 amide bonds. The maximum absolute atomic E-state index is 8.84. The molecule has 0 N–H and O–H groups in total. The molecule has 18 heavy (non-hydrogen) atoms. The molecule has 0 fully saturated rings. The Hall–Kier alpha value is 2.08. The van der Waals surface area contributed by atoms with Crippen molar-refractivity contribution in [1.29, 1.82) is 0 Å². The van der Waals surface area contributed by atoms with E-state index in [1.54, 1.807) is 0 Å². The maximum Gasteiger partial charge on any atom is 2.00 e. The Morgan fingerprint density at radius 3 is 0.556 bits per heavy atom. The molecule has 0 aromatic rings. The fourth-order valence-corrected chi connectivity index (χ4v) is 0. The number of halogens is 4. The molecule has 0 aromatic heterocycles. The summed E-state index contributed by atoms with van der Waals surface area (Å²) in [5, 5.41) is 0. The summed E-state index contributed by atoms with van der Waals surface area (Å²) in [5.41, 5.74) is 0. The standard InChI is InChI=1S/Be.4ClO2Si.Sr/c;4*1-4(2)3;/q+2;4*-1;+2. The summed E-state index contributed by atoms with van der Waals surface area (Å²) >= 11 is 17.1. The van der Waals surface area contributed by atoms with E-state index >= 15 is 0 Å². The molecule has 0 saturated carbocycles. The van der Waals surface area contributed by atoms with E-state index in [-0.39, 0.29) is 55.6 Å². The Balaban J connectivity index is -0.0000000257. The van der Waals surface area contributed by atoms with Crippen molar-refractivity contribution in [1.82, 2.24) is 0 Å². The van der Waals surface area contributed by atoms with Crippen LogP contribution >= 0.6 is 44.3 Å². The van der Waals surface area contributed by atoms with E-state index in [9.17, 15) is 0 Å². The number of hydrogen-bond donors (Lipinski definition) is 0. The molecule has 0 saturated heterocycles. The van der Waals surface area contributed by atoms with Gasteiger partial charge in [0, 0.05) is 0 Å². The van der Waals surface area contributed by atoms with Crippen molar-refractivity contribution in [2.24, 2.45) is 0 Å². The van der Waals surface area contributed by atoms with E-state index in [0.29, 0.717) is 0 Å². The van der Waals surface area contributed by atoms with Crippen molar-refractivity contribution in [2.75, 3.05) is 0 Å². The first-order valence-corrected chi connectivity index (χ1v) is 11.7. The molecule has 0 aromatic carbocycles. The first-order chi connectivity index (χ1) is 6.93. The van der Waals surface area contributed by atoms with Gasteiger partial charge in [0.2, 0.25) is 0 Å². The molecule has 96 valence electrons. The molecule has 0 aliphatic carbocycles. The van der Waals surface area contributed by atoms with Gasteiger partial charge in [0.1, 0.15) is 0 Å². The van der Waals surface area contributed by atoms with Gasteiger partial charge in [0.25, 0.3) is 32.9 Å². The van der Waals surface area contributed by atoms with Crippen LogP contribution in [-0.4, -0.2) is 88.5 Å². The molecule has 0 atom stereocenters. The average molecular weight is 479 g/mol. The smallest absolute Gasteiger partial charge is 0.572 e. The second-order valence-electron chi connectivity index (χ2n) is 0.951. The minimum Gasteiger partial charge on any atom is -0.572 e. The minimum absolute atomic E-state index is 0. The number of hydrogen-bond acceptors (Lipinski definition) is 8. The predicted molar refractivity (Wildman–Crippen MR) is 60.7 cm³/mol. The Labute approximate surface area is 167 Å². The summed E-state index contributed by atoms with van der Waals surface area (Å²) in [6.07, 6.45) is 0. The molecule has 0 rings (SSSR count). The van der Waals surface area contributed by atoms with E-state index in [4.69, 9.17) is 37.0 Å². The van der Waals surface area contributed by atoms with Crippen LogP contribution in [0.5, 0.6) is 0 Å². The third-order valence-electron chi connectivity index (χ3n) is 0. The van der Waals surface area contributed by atoms with Crippen LogP contribution in [0.15, 0.2) is 0 Å². The topological polar surface area (TPSA) is 161 Å². The monoisotopic (exact) mass is 477 g/mol. The van der Waals surface area contributed by atoms with E-state index in [2.05, 4.69) is 44.3 Å². The van der Waals surface area contributed by atoms with Crippen LogP contribution in [0.2, 0.25) is 0 Å². The van der Waals surface area contributed by atoms with Gasteiger partial charge in [-0.15, -0.1) is 44.3 Å². The van der Waals surface area contributed by atoms with Gasteiger partial charge < -0.3 is 37.0 Å². The quantitative estimate of drug-likeness (QED) is 0.248. The Morgan fingerprint density at radius 1 is 0.556 bits per heavy atom. The first-order valence-electron chi connectivity index (χ1n) is 2.39. The molecule has 0 aliphatic rings. The molecule has 0 heterocycles. The molecule has 0 bridgehead atoms. The molecular formula is BeCl4O8Si4Sr. The van der Waals surface area contributed by atoms with Crippen molar-refractivity contribution in [2.45, 2.75) is 0 Å². The minimum atomic E-state index is -2.91. The van der Waals surface area contributed by atoms with Gasteiger partial charge >= 0.3 is 55.6 Å². The van der Waals surface area contributed by atoms with E-state index in [0.717, 1.165) is 0 Å². The maximum atomic E-state index is 8.84. The summed E-state index contributed by atoms with van der Waals surface area (Å²) in [7, 11) is -11.6. The third kappa shape index (κ3) is 1220. The SMILES string of the molecule is O=[Si]([O-])Cl.O=[Si]([O-])Cl.O=[Si]([O-])Cl.O=[Si]([O-])Cl.[Be+2].[Sr+2]. The van der Waals surface area contributed by atoms with Crippen molar-refractivity contribution in [3.63, 3.8) is 0 Å². The van der Waals surface area contributed by atoms with Crippen LogP contribution in [0, 0.1) is 0 Å². The van der Waals surface area contributed by atoms with Crippen LogP contribution in [0.4, 0.5) is 0 Å². The van der Waals surface area contributed by atoms with Crippen molar-refractivity contribution >= 4 is 133 Å². The Bertz CT molecular complexity index is 175. The summed E-state index contributed by atoms with van der Waals surface area (Å²) in [4.78, 5) is 35.4. The van der Waals surface area contributed by atoms with Gasteiger partial charge in [0.15, 0.2) is 0 Å². The zero-order valence-corrected chi connectivity index (χ0v) is 18.7. The normalized spacial score (nSPS) is 5.56. The van der Waals surface area contributed by atoms with Gasteiger partial charge in [0.05, 0.1) is 0 Å². The zero-order chi connectivity index (χ0) is 14.3. The summed E-state index contributed by atoms with van der Waals surface area (Å²) in [5.74, 6) is 0. The van der Waals surface area contributed by atoms with Crippen LogP contribution in [0.3, 0.4) is 0 Å². The zero-order valence-electron chi connectivity index (χ0n) is 8.19. The summed E-state index contributed by atoms with van der Waals surface area (Å²) in [6.45, 7) is 0. The van der Waals surface area contributed by atoms with Gasteiger partial charge in [-0.05, 0) is 0 Å². The fourth-order valence-electron chi connectivity index (χ4n) is 0. The van der Waals surface area contributed by atoms with E-state index in [1.165, 1.54) is 0 Å². The molecule has 8 nitrogen and oxygen atoms in total. The van der Waals surface area contributed by atoms with Gasteiger partial charge in [-0.25, -0.2) is 0 Å². The summed E-state index contributed by atoms with van der Waals surface area (Å²) < 4.78 is 35.4. The molecule has 18 heteroatoms. The van der Waals surface area contributed by atoms with Crippen LogP contribution < -0.4 is 19.2 Å². The van der Waals surface area contributed by atoms with Gasteiger partial charge in [-0.2, -0.15) is 0 Å². The molecule has 0 aliphatic heterocycles. The molecular weight excluding hydrogens is 479 g/mol. The fraction of sp³-hybridized carbons (Fsp3) is 0. The van der Waals surface area contributed by atoms with Crippen molar-refractivity contribution in [3.8, 4) is 0 Å². The van der Waals surface area contributed by atoms with Crippen LogP contribution in [0.25, 0.3) is 0 Å². The van der Waals surface area contributed by atoms with Crippen molar-refractivity contribution < 1.29 is 37.0 Å². The second-order valence-corrected chi connectivity index (χ2v) is 6.55. The second kappa shape index (κ2) is 31.5. The average Bonchev–Trinajstić information content (AvgIpc) is 1.76. The summed E-state index contributed by atoms with van der Waals surface area (Å²) in [6, 6.07) is 0. The number of rotatable bonds is 0. The van der Waals surface area contributed by atoms with Gasteiger partial charge in [-0.3, -0.25) is 0 Å². The molecule has 0 spiro atoms. The Kier molecular flexibility index (Phi) is 64.4. The molecule has 0 radical (unpaired) electrons. The molecule has 0 unspecified atom stereocenters. The van der Waals surface area contributed by atoms with Gasteiger partial charge in [-0.1, -0.05) is 0 Å². The Morgan fingerprint density at radius 2 is 0.556 bits per heavy atom. The van der Waals surface area contributed by atoms with E-state index < -0.39 is 32.9 Å². The van der Waals surface area contributed by atoms with Crippen LogP contribution in [0.1, 0.15) is 0 Å². The van der Waals surface area contributed by atoms with E-state index in [1.807, 2.05) is 0 Å². The third-order valence-corrected chi connectivity index (χ3v) is 0. The van der Waals surface area contributed by atoms with Crippen LogP contribution in [-0.2, 0) is 17.8 Å². The van der Waals surface area contributed by atoms with Crippen molar-refractivity contribution in [3.05, 3.63) is 0 Å².